The van der Waals surface area contributed by atoms with Crippen LogP contribution in [0.1, 0.15) is 32.1 Å². The average Bonchev–Trinajstić information content (AvgIpc) is 2.64. The molecule has 13 heavy (non-hydrogen) atoms. The number of rotatable bonds is 6. The van der Waals surface area contributed by atoms with Gasteiger partial charge in [0, 0.05) is 17.4 Å². The second kappa shape index (κ2) is 7.02. The van der Waals surface area contributed by atoms with Gasteiger partial charge < -0.3 is 0 Å². The number of Topliss-reactive ketones (excluding diaryl/α,β-unsaturated/α-hetero) is 1. The molecule has 0 spiro atoms. The predicted molar refractivity (Wildman–Crippen MR) is 62.6 cm³/mol. The van der Waals surface area contributed by atoms with Crippen molar-refractivity contribution in [1.29, 1.82) is 0 Å². The van der Waals surface area contributed by atoms with E-state index in [0.717, 1.165) is 11.7 Å². The molecule has 0 N–H and O–H groups in total. The first-order valence-corrected chi connectivity index (χ1v) is 7.60. The van der Waals surface area contributed by atoms with Crippen LogP contribution in [0.15, 0.2) is 0 Å². The zero-order chi connectivity index (χ0) is 9.52. The van der Waals surface area contributed by atoms with Gasteiger partial charge in [0.25, 0.3) is 0 Å². The van der Waals surface area contributed by atoms with Crippen molar-refractivity contribution in [3.63, 3.8) is 0 Å². The summed E-state index contributed by atoms with van der Waals surface area (Å²) in [4.78, 5) is 10.9. The Kier molecular flexibility index (Phi) is 6.33. The molecular weight excluding hydrogens is 224 g/mol. The normalized spacial score (nSPS) is 22.1. The molecule has 4 heteroatoms. The third kappa shape index (κ3) is 5.18. The van der Waals surface area contributed by atoms with Gasteiger partial charge in [-0.1, -0.05) is 28.0 Å². The lowest BCUT2D eigenvalue weighted by atomic mass is 10.1. The second-order valence-electron chi connectivity index (χ2n) is 3.25. The molecule has 0 bridgehead atoms. The molecule has 0 amide bonds. The Hall–Kier alpha value is 0.660. The van der Waals surface area contributed by atoms with Gasteiger partial charge in [0.1, 0.15) is 5.78 Å². The Morgan fingerprint density at radius 1 is 1.46 bits per heavy atom. The van der Waals surface area contributed by atoms with Crippen LogP contribution >= 0.6 is 33.2 Å². The highest BCUT2D eigenvalue weighted by atomic mass is 35.5. The summed E-state index contributed by atoms with van der Waals surface area (Å²) in [5.41, 5.74) is 0. The van der Waals surface area contributed by atoms with E-state index in [1.165, 1.54) is 25.0 Å². The minimum Gasteiger partial charge on any atom is -0.298 e. The SMILES string of the molecule is O=C(CCl)CCCCC1CCSS1. The molecule has 1 aliphatic heterocycles. The van der Waals surface area contributed by atoms with Crippen LogP contribution in [0.2, 0.25) is 0 Å². The first-order chi connectivity index (χ1) is 6.33. The van der Waals surface area contributed by atoms with Crippen LogP contribution in [0, 0.1) is 0 Å². The number of carbonyl (C=O) groups is 1. The van der Waals surface area contributed by atoms with E-state index in [-0.39, 0.29) is 11.7 Å². The fourth-order valence-electron chi connectivity index (χ4n) is 1.33. The molecule has 0 saturated carbocycles. The molecule has 1 nitrogen and oxygen atoms in total. The van der Waals surface area contributed by atoms with Gasteiger partial charge in [0.15, 0.2) is 0 Å². The Morgan fingerprint density at radius 2 is 2.31 bits per heavy atom. The molecule has 1 heterocycles. The Morgan fingerprint density at radius 3 is 2.92 bits per heavy atom. The van der Waals surface area contributed by atoms with E-state index in [1.807, 2.05) is 21.6 Å². The molecular formula is C9H15ClOS2. The van der Waals surface area contributed by atoms with Crippen molar-refractivity contribution in [3.8, 4) is 0 Å². The van der Waals surface area contributed by atoms with E-state index < -0.39 is 0 Å². The molecule has 1 saturated heterocycles. The van der Waals surface area contributed by atoms with Crippen LogP contribution in [-0.2, 0) is 4.79 Å². The smallest absolute Gasteiger partial charge is 0.147 e. The first kappa shape index (κ1) is 11.7. The lowest BCUT2D eigenvalue weighted by Gasteiger charge is -2.05. The standard InChI is InChI=1S/C9H15ClOS2/c10-7-8(11)3-1-2-4-9-5-6-12-13-9/h9H,1-7H2. The highest BCUT2D eigenvalue weighted by Crippen LogP contribution is 2.39. The van der Waals surface area contributed by atoms with Gasteiger partial charge >= 0.3 is 0 Å². The predicted octanol–water partition coefficient (Wildman–Crippen LogP) is 3.51. The maximum Gasteiger partial charge on any atom is 0.147 e. The van der Waals surface area contributed by atoms with Crippen LogP contribution in [-0.4, -0.2) is 22.7 Å². The largest absolute Gasteiger partial charge is 0.298 e. The van der Waals surface area contributed by atoms with E-state index in [0.29, 0.717) is 6.42 Å². The summed E-state index contributed by atoms with van der Waals surface area (Å²) in [6.07, 6.45) is 5.49. The topological polar surface area (TPSA) is 17.1 Å². The lowest BCUT2D eigenvalue weighted by molar-refractivity contribution is -0.116. The van der Waals surface area contributed by atoms with Gasteiger partial charge in [-0.05, 0) is 19.3 Å². The van der Waals surface area contributed by atoms with Gasteiger partial charge in [-0.3, -0.25) is 4.79 Å². The number of alkyl halides is 1. The number of halogens is 1. The highest BCUT2D eigenvalue weighted by molar-refractivity contribution is 8.77. The maximum absolute atomic E-state index is 10.9. The molecule has 76 valence electrons. The zero-order valence-corrected chi connectivity index (χ0v) is 10.0. The fraction of sp³-hybridized carbons (Fsp3) is 0.889. The minimum atomic E-state index is 0.189. The van der Waals surface area contributed by atoms with Gasteiger partial charge in [0.2, 0.25) is 0 Å². The van der Waals surface area contributed by atoms with Gasteiger partial charge in [0.05, 0.1) is 5.88 Å². The third-order valence-corrected chi connectivity index (χ3v) is 5.41. The van der Waals surface area contributed by atoms with E-state index in [9.17, 15) is 4.79 Å². The van der Waals surface area contributed by atoms with Crippen LogP contribution in [0.4, 0.5) is 0 Å². The molecule has 1 rings (SSSR count). The maximum atomic E-state index is 10.9. The molecule has 1 atom stereocenters. The van der Waals surface area contributed by atoms with E-state index in [2.05, 4.69) is 0 Å². The average molecular weight is 239 g/mol. The Balaban J connectivity index is 1.91. The van der Waals surface area contributed by atoms with E-state index in [4.69, 9.17) is 11.6 Å². The van der Waals surface area contributed by atoms with Crippen molar-refractivity contribution >= 4 is 39.0 Å². The highest BCUT2D eigenvalue weighted by Gasteiger charge is 2.15. The fourth-order valence-corrected chi connectivity index (χ4v) is 4.49. The third-order valence-electron chi connectivity index (χ3n) is 2.11. The van der Waals surface area contributed by atoms with Crippen LogP contribution in [0.25, 0.3) is 0 Å². The van der Waals surface area contributed by atoms with Crippen molar-refractivity contribution in [3.05, 3.63) is 0 Å². The van der Waals surface area contributed by atoms with Crippen LogP contribution in [0.3, 0.4) is 0 Å². The molecule has 0 aromatic heterocycles. The molecule has 1 unspecified atom stereocenters. The monoisotopic (exact) mass is 238 g/mol. The van der Waals surface area contributed by atoms with Crippen molar-refractivity contribution < 1.29 is 4.79 Å². The summed E-state index contributed by atoms with van der Waals surface area (Å²) in [5.74, 6) is 1.68. The zero-order valence-electron chi connectivity index (χ0n) is 7.63. The molecule has 0 radical (unpaired) electrons. The summed E-state index contributed by atoms with van der Waals surface area (Å²) >= 11 is 5.40. The van der Waals surface area contributed by atoms with E-state index in [1.54, 1.807) is 0 Å². The molecule has 1 aliphatic rings. The van der Waals surface area contributed by atoms with Crippen molar-refractivity contribution in [1.82, 2.24) is 0 Å². The summed E-state index contributed by atoms with van der Waals surface area (Å²) in [7, 11) is 3.99. The van der Waals surface area contributed by atoms with Crippen LogP contribution in [0.5, 0.6) is 0 Å². The van der Waals surface area contributed by atoms with E-state index >= 15 is 0 Å². The molecule has 0 aliphatic carbocycles. The molecule has 0 aromatic carbocycles. The van der Waals surface area contributed by atoms with Crippen LogP contribution < -0.4 is 0 Å². The van der Waals surface area contributed by atoms with Crippen molar-refractivity contribution in [2.45, 2.75) is 37.4 Å². The lowest BCUT2D eigenvalue weighted by Crippen LogP contribution is -2.01. The Labute approximate surface area is 92.8 Å². The van der Waals surface area contributed by atoms with Gasteiger partial charge in [-0.2, -0.15) is 0 Å². The number of hydrogen-bond acceptors (Lipinski definition) is 3. The first-order valence-electron chi connectivity index (χ1n) is 4.69. The summed E-state index contributed by atoms with van der Waals surface area (Å²) in [5, 5.41) is 0.844. The second-order valence-corrected chi connectivity index (χ2v) is 6.30. The van der Waals surface area contributed by atoms with Gasteiger partial charge in [-0.15, -0.1) is 11.6 Å². The molecule has 1 fully saturated rings. The molecule has 0 aromatic rings. The quantitative estimate of drug-likeness (QED) is 0.401. The van der Waals surface area contributed by atoms with Gasteiger partial charge in [-0.25, -0.2) is 0 Å². The minimum absolute atomic E-state index is 0.189. The van der Waals surface area contributed by atoms with Crippen molar-refractivity contribution in [2.75, 3.05) is 11.6 Å². The Bertz CT molecular complexity index is 158. The number of ketones is 1. The number of carbonyl (C=O) groups excluding carboxylic acids is 1. The summed E-state index contributed by atoms with van der Waals surface area (Å²) in [6.45, 7) is 0. The number of hydrogen-bond donors (Lipinski definition) is 0. The summed E-state index contributed by atoms with van der Waals surface area (Å²) < 4.78 is 0. The van der Waals surface area contributed by atoms with Crippen molar-refractivity contribution in [2.24, 2.45) is 0 Å². The summed E-state index contributed by atoms with van der Waals surface area (Å²) in [6, 6.07) is 0. The number of unbranched alkanes of at least 4 members (excludes halogenated alkanes) is 1.